The van der Waals surface area contributed by atoms with Gasteiger partial charge in [-0.25, -0.2) is 8.42 Å². The SMILES string of the molecule is CN(c1cccc(Cl)c1[N+](=O)[O-])C1CCS(=O)(=O)C1. The monoisotopic (exact) mass is 304 g/mol. The summed E-state index contributed by atoms with van der Waals surface area (Å²) in [5, 5.41) is 11.1. The number of sulfone groups is 1. The molecule has 1 aromatic rings. The molecular weight excluding hydrogens is 292 g/mol. The largest absolute Gasteiger partial charge is 0.365 e. The molecule has 1 saturated heterocycles. The van der Waals surface area contributed by atoms with E-state index in [1.165, 1.54) is 6.07 Å². The van der Waals surface area contributed by atoms with Gasteiger partial charge in [0.2, 0.25) is 0 Å². The zero-order chi connectivity index (χ0) is 14.2. The van der Waals surface area contributed by atoms with Crippen molar-refractivity contribution in [1.29, 1.82) is 0 Å². The van der Waals surface area contributed by atoms with Crippen LogP contribution in [0.3, 0.4) is 0 Å². The van der Waals surface area contributed by atoms with Gasteiger partial charge in [-0.1, -0.05) is 17.7 Å². The van der Waals surface area contributed by atoms with E-state index < -0.39 is 14.8 Å². The molecule has 2 rings (SSSR count). The molecule has 0 saturated carbocycles. The van der Waals surface area contributed by atoms with E-state index in [2.05, 4.69) is 0 Å². The van der Waals surface area contributed by atoms with E-state index in [9.17, 15) is 18.5 Å². The van der Waals surface area contributed by atoms with Gasteiger partial charge in [-0.3, -0.25) is 10.1 Å². The van der Waals surface area contributed by atoms with Crippen LogP contribution in [-0.2, 0) is 9.84 Å². The number of nitro groups is 1. The second-order valence-corrected chi connectivity index (χ2v) is 7.17. The van der Waals surface area contributed by atoms with Crippen molar-refractivity contribution in [3.63, 3.8) is 0 Å². The van der Waals surface area contributed by atoms with Crippen molar-refractivity contribution < 1.29 is 13.3 Å². The molecule has 1 aliphatic heterocycles. The number of nitro benzene ring substituents is 1. The van der Waals surface area contributed by atoms with Crippen molar-refractivity contribution in [3.8, 4) is 0 Å². The number of anilines is 1. The number of para-hydroxylation sites is 1. The van der Waals surface area contributed by atoms with Gasteiger partial charge < -0.3 is 4.90 Å². The van der Waals surface area contributed by atoms with E-state index in [4.69, 9.17) is 11.6 Å². The summed E-state index contributed by atoms with van der Waals surface area (Å²) in [5.41, 5.74) is 0.163. The highest BCUT2D eigenvalue weighted by molar-refractivity contribution is 7.91. The van der Waals surface area contributed by atoms with Crippen LogP contribution in [0.2, 0.25) is 5.02 Å². The van der Waals surface area contributed by atoms with Crippen LogP contribution in [0.1, 0.15) is 6.42 Å². The lowest BCUT2D eigenvalue weighted by Gasteiger charge is -2.25. The molecule has 0 bridgehead atoms. The fourth-order valence-corrected chi connectivity index (χ4v) is 4.26. The minimum absolute atomic E-state index is 0.0210. The van der Waals surface area contributed by atoms with Crippen molar-refractivity contribution >= 4 is 32.8 Å². The lowest BCUT2D eigenvalue weighted by Crippen LogP contribution is -2.33. The van der Waals surface area contributed by atoms with Crippen molar-refractivity contribution in [2.75, 3.05) is 23.5 Å². The predicted octanol–water partition coefficient (Wildman–Crippen LogP) is 1.87. The fraction of sp³-hybridized carbons (Fsp3) is 0.455. The lowest BCUT2D eigenvalue weighted by molar-refractivity contribution is -0.384. The maximum absolute atomic E-state index is 11.5. The van der Waals surface area contributed by atoms with Gasteiger partial charge in [-0.15, -0.1) is 0 Å². The Morgan fingerprint density at radius 2 is 2.16 bits per heavy atom. The van der Waals surface area contributed by atoms with E-state index in [1.54, 1.807) is 24.1 Å². The predicted molar refractivity (Wildman–Crippen MR) is 73.6 cm³/mol. The van der Waals surface area contributed by atoms with Crippen molar-refractivity contribution in [1.82, 2.24) is 0 Å². The third-order valence-corrected chi connectivity index (χ3v) is 5.34. The summed E-state index contributed by atoms with van der Waals surface area (Å²) in [6, 6.07) is 4.39. The smallest absolute Gasteiger partial charge is 0.310 e. The van der Waals surface area contributed by atoms with Crippen LogP contribution in [0.15, 0.2) is 18.2 Å². The van der Waals surface area contributed by atoms with Gasteiger partial charge in [0.1, 0.15) is 10.7 Å². The number of halogens is 1. The quantitative estimate of drug-likeness (QED) is 0.629. The van der Waals surface area contributed by atoms with Crippen LogP contribution in [0.25, 0.3) is 0 Å². The van der Waals surface area contributed by atoms with E-state index in [0.717, 1.165) is 0 Å². The van der Waals surface area contributed by atoms with Gasteiger partial charge in [0, 0.05) is 13.1 Å². The first-order valence-corrected chi connectivity index (χ1v) is 7.88. The van der Waals surface area contributed by atoms with Crippen LogP contribution in [0.5, 0.6) is 0 Å². The molecule has 0 amide bonds. The van der Waals surface area contributed by atoms with Crippen LogP contribution in [0.4, 0.5) is 11.4 Å². The summed E-state index contributed by atoms with van der Waals surface area (Å²) in [6.07, 6.45) is 0.475. The lowest BCUT2D eigenvalue weighted by atomic mass is 10.2. The molecule has 1 aliphatic rings. The molecule has 104 valence electrons. The molecular formula is C11H13ClN2O4S. The third kappa shape index (κ3) is 2.82. The molecule has 19 heavy (non-hydrogen) atoms. The maximum Gasteiger partial charge on any atom is 0.310 e. The second-order valence-electron chi connectivity index (χ2n) is 4.53. The molecule has 0 aromatic heterocycles. The molecule has 1 atom stereocenters. The van der Waals surface area contributed by atoms with E-state index >= 15 is 0 Å². The Hall–Kier alpha value is -1.34. The highest BCUT2D eigenvalue weighted by atomic mass is 35.5. The normalized spacial score (nSPS) is 21.3. The Labute approximate surface area is 116 Å². The van der Waals surface area contributed by atoms with E-state index in [0.29, 0.717) is 12.1 Å². The first kappa shape index (κ1) is 14.1. The number of hydrogen-bond donors (Lipinski definition) is 0. The zero-order valence-electron chi connectivity index (χ0n) is 10.2. The number of hydrogen-bond acceptors (Lipinski definition) is 5. The van der Waals surface area contributed by atoms with Gasteiger partial charge >= 0.3 is 5.69 Å². The third-order valence-electron chi connectivity index (χ3n) is 3.28. The van der Waals surface area contributed by atoms with Crippen molar-refractivity contribution in [2.24, 2.45) is 0 Å². The summed E-state index contributed by atoms with van der Waals surface area (Å²) >= 11 is 5.84. The first-order valence-electron chi connectivity index (χ1n) is 5.68. The van der Waals surface area contributed by atoms with Gasteiger partial charge in [0.25, 0.3) is 0 Å². The Balaban J connectivity index is 2.37. The first-order chi connectivity index (χ1) is 8.82. The molecule has 1 unspecified atom stereocenters. The Morgan fingerprint density at radius 3 is 2.68 bits per heavy atom. The maximum atomic E-state index is 11.5. The number of rotatable bonds is 3. The van der Waals surface area contributed by atoms with Crippen LogP contribution < -0.4 is 4.90 Å². The minimum Gasteiger partial charge on any atom is -0.365 e. The summed E-state index contributed by atoms with van der Waals surface area (Å²) in [6.45, 7) is 0. The summed E-state index contributed by atoms with van der Waals surface area (Å²) in [4.78, 5) is 12.2. The Morgan fingerprint density at radius 1 is 1.47 bits per heavy atom. The van der Waals surface area contributed by atoms with E-state index in [1.807, 2.05) is 0 Å². The highest BCUT2D eigenvalue weighted by Crippen LogP contribution is 2.36. The standard InChI is InChI=1S/C11H13ClN2O4S/c1-13(8-5-6-19(17,18)7-8)10-4-2-3-9(12)11(10)14(15)16/h2-4,8H,5-7H2,1H3. The van der Waals surface area contributed by atoms with Gasteiger partial charge in [-0.2, -0.15) is 0 Å². The van der Waals surface area contributed by atoms with Crippen LogP contribution >= 0.6 is 11.6 Å². The van der Waals surface area contributed by atoms with Gasteiger partial charge in [-0.05, 0) is 18.6 Å². The molecule has 0 aliphatic carbocycles. The topological polar surface area (TPSA) is 80.5 Å². The fourth-order valence-electron chi connectivity index (χ4n) is 2.25. The molecule has 8 heteroatoms. The summed E-state index contributed by atoms with van der Waals surface area (Å²) in [7, 11) is -1.38. The Kier molecular flexibility index (Phi) is 3.69. The van der Waals surface area contributed by atoms with Crippen molar-refractivity contribution in [3.05, 3.63) is 33.3 Å². The van der Waals surface area contributed by atoms with Crippen LogP contribution in [0, 0.1) is 10.1 Å². The average molecular weight is 305 g/mol. The number of nitrogens with zero attached hydrogens (tertiary/aromatic N) is 2. The highest BCUT2D eigenvalue weighted by Gasteiger charge is 2.33. The number of benzene rings is 1. The van der Waals surface area contributed by atoms with Crippen molar-refractivity contribution in [2.45, 2.75) is 12.5 Å². The summed E-state index contributed by atoms with van der Waals surface area (Å²) in [5.74, 6) is 0.142. The van der Waals surface area contributed by atoms with Crippen LogP contribution in [-0.4, -0.2) is 37.9 Å². The van der Waals surface area contributed by atoms with E-state index in [-0.39, 0.29) is 28.3 Å². The Bertz CT molecular complexity index is 617. The molecule has 0 N–H and O–H groups in total. The summed E-state index contributed by atoms with van der Waals surface area (Å²) < 4.78 is 23.0. The molecule has 0 spiro atoms. The van der Waals surface area contributed by atoms with Gasteiger partial charge in [0.15, 0.2) is 9.84 Å². The molecule has 1 heterocycles. The zero-order valence-corrected chi connectivity index (χ0v) is 11.8. The molecule has 6 nitrogen and oxygen atoms in total. The minimum atomic E-state index is -3.04. The van der Waals surface area contributed by atoms with Gasteiger partial charge in [0.05, 0.1) is 16.4 Å². The second kappa shape index (κ2) is 4.97. The molecule has 0 radical (unpaired) electrons. The molecule has 1 aromatic carbocycles. The molecule has 1 fully saturated rings. The average Bonchev–Trinajstić information content (AvgIpc) is 2.68.